The second-order valence-electron chi connectivity index (χ2n) is 6.07. The van der Waals surface area contributed by atoms with Crippen LogP contribution in [0.3, 0.4) is 0 Å². The number of benzene rings is 2. The summed E-state index contributed by atoms with van der Waals surface area (Å²) in [6.45, 7) is 3.89. The van der Waals surface area contributed by atoms with E-state index in [1.165, 1.54) is 14.2 Å². The summed E-state index contributed by atoms with van der Waals surface area (Å²) in [5.74, 6) is -1.87. The predicted molar refractivity (Wildman–Crippen MR) is 106 cm³/mol. The van der Waals surface area contributed by atoms with Crippen LogP contribution < -0.4 is 10.6 Å². The van der Waals surface area contributed by atoms with Gasteiger partial charge in [-0.05, 0) is 49.2 Å². The number of amides is 1. The fourth-order valence-electron chi connectivity index (χ4n) is 2.61. The van der Waals surface area contributed by atoms with Crippen LogP contribution in [0.15, 0.2) is 54.2 Å². The fraction of sp³-hybridized carbons (Fsp3) is 0.190. The topological polar surface area (TPSA) is 93.7 Å². The molecular formula is C21H22N2O5. The fourth-order valence-corrected chi connectivity index (χ4v) is 2.61. The summed E-state index contributed by atoms with van der Waals surface area (Å²) in [4.78, 5) is 36.3. The molecule has 7 heteroatoms. The maximum atomic E-state index is 12.8. The van der Waals surface area contributed by atoms with E-state index in [9.17, 15) is 14.4 Å². The van der Waals surface area contributed by atoms with Crippen molar-refractivity contribution in [3.05, 3.63) is 70.9 Å². The molecule has 0 saturated carbocycles. The second-order valence-corrected chi connectivity index (χ2v) is 6.07. The molecule has 0 heterocycles. The van der Waals surface area contributed by atoms with E-state index in [0.717, 1.165) is 17.2 Å². The lowest BCUT2D eigenvalue weighted by atomic mass is 10.1. The zero-order valence-electron chi connectivity index (χ0n) is 16.2. The van der Waals surface area contributed by atoms with Crippen LogP contribution in [0.25, 0.3) is 0 Å². The molecule has 0 aliphatic rings. The minimum Gasteiger partial charge on any atom is -0.466 e. The first-order valence-electron chi connectivity index (χ1n) is 8.47. The molecule has 1 amide bonds. The molecule has 0 aliphatic heterocycles. The van der Waals surface area contributed by atoms with Crippen molar-refractivity contribution in [2.75, 3.05) is 24.9 Å². The molecule has 0 bridgehead atoms. The smallest absolute Gasteiger partial charge is 0.354 e. The van der Waals surface area contributed by atoms with Crippen LogP contribution in [0, 0.1) is 13.8 Å². The Morgan fingerprint density at radius 3 is 2.14 bits per heavy atom. The number of anilines is 2. The predicted octanol–water partition coefficient (Wildman–Crippen LogP) is 3.20. The number of carbonyl (C=O) groups is 3. The van der Waals surface area contributed by atoms with Crippen LogP contribution in [0.2, 0.25) is 0 Å². The number of methoxy groups -OCH3 is 2. The summed E-state index contributed by atoms with van der Waals surface area (Å²) in [5.41, 5.74) is 3.19. The Hall–Kier alpha value is -3.61. The molecule has 2 aromatic rings. The number of hydrogen-bond acceptors (Lipinski definition) is 6. The van der Waals surface area contributed by atoms with Gasteiger partial charge < -0.3 is 20.1 Å². The van der Waals surface area contributed by atoms with Crippen molar-refractivity contribution in [1.82, 2.24) is 0 Å². The van der Waals surface area contributed by atoms with Crippen molar-refractivity contribution >= 4 is 29.2 Å². The van der Waals surface area contributed by atoms with Gasteiger partial charge in [-0.25, -0.2) is 9.59 Å². The molecule has 7 nitrogen and oxygen atoms in total. The first kappa shape index (κ1) is 20.7. The highest BCUT2D eigenvalue weighted by molar-refractivity contribution is 6.09. The summed E-state index contributed by atoms with van der Waals surface area (Å²) in [7, 11) is 2.38. The van der Waals surface area contributed by atoms with E-state index in [2.05, 4.69) is 20.1 Å². The summed E-state index contributed by atoms with van der Waals surface area (Å²) in [5, 5.41) is 5.62. The molecule has 2 N–H and O–H groups in total. The first-order chi connectivity index (χ1) is 13.3. The zero-order valence-corrected chi connectivity index (χ0v) is 16.2. The molecule has 0 atom stereocenters. The number of aryl methyl sites for hydroxylation is 2. The average molecular weight is 382 g/mol. The Bertz CT molecular complexity index is 914. The number of hydrogen-bond donors (Lipinski definition) is 2. The SMILES string of the molecule is COC(=O)/C=C(/Nc1ccccc1C(=O)Nc1cc(C)cc(C)c1)C(=O)OC. The molecule has 2 aromatic carbocycles. The van der Waals surface area contributed by atoms with Gasteiger partial charge in [0.25, 0.3) is 5.91 Å². The van der Waals surface area contributed by atoms with Gasteiger partial charge in [0.05, 0.1) is 31.5 Å². The lowest BCUT2D eigenvalue weighted by Gasteiger charge is -2.14. The summed E-state index contributed by atoms with van der Waals surface area (Å²) < 4.78 is 9.22. The van der Waals surface area contributed by atoms with Crippen LogP contribution in [-0.4, -0.2) is 32.1 Å². The summed E-state index contributed by atoms with van der Waals surface area (Å²) in [6, 6.07) is 12.3. The Labute approximate surface area is 163 Å². The van der Waals surface area contributed by atoms with Crippen molar-refractivity contribution in [3.8, 4) is 0 Å². The molecule has 146 valence electrons. The van der Waals surface area contributed by atoms with Crippen molar-refractivity contribution < 1.29 is 23.9 Å². The van der Waals surface area contributed by atoms with Crippen molar-refractivity contribution in [3.63, 3.8) is 0 Å². The second kappa shape index (κ2) is 9.36. The molecule has 0 aromatic heterocycles. The summed E-state index contributed by atoms with van der Waals surface area (Å²) in [6.07, 6.45) is 0.963. The lowest BCUT2D eigenvalue weighted by Crippen LogP contribution is -2.19. The minimum atomic E-state index is -0.769. The number of para-hydroxylation sites is 1. The van der Waals surface area contributed by atoms with Crippen LogP contribution in [0.1, 0.15) is 21.5 Å². The molecule has 0 fully saturated rings. The van der Waals surface area contributed by atoms with Crippen molar-refractivity contribution in [1.29, 1.82) is 0 Å². The Kier molecular flexibility index (Phi) is 6.92. The number of ether oxygens (including phenoxy) is 2. The Balaban J connectivity index is 2.32. The minimum absolute atomic E-state index is 0.152. The van der Waals surface area contributed by atoms with E-state index < -0.39 is 11.9 Å². The lowest BCUT2D eigenvalue weighted by molar-refractivity contribution is -0.138. The van der Waals surface area contributed by atoms with E-state index in [-0.39, 0.29) is 11.6 Å². The molecule has 0 aliphatic carbocycles. The van der Waals surface area contributed by atoms with E-state index in [1.54, 1.807) is 24.3 Å². The van der Waals surface area contributed by atoms with Crippen LogP contribution in [-0.2, 0) is 19.1 Å². The molecule has 0 saturated heterocycles. The van der Waals surface area contributed by atoms with Gasteiger partial charge in [-0.2, -0.15) is 0 Å². The normalized spacial score (nSPS) is 10.8. The van der Waals surface area contributed by atoms with Crippen molar-refractivity contribution in [2.45, 2.75) is 13.8 Å². The molecular weight excluding hydrogens is 360 g/mol. The van der Waals surface area contributed by atoms with Gasteiger partial charge in [0.15, 0.2) is 0 Å². The number of nitrogens with one attached hydrogen (secondary N) is 2. The number of carbonyl (C=O) groups excluding carboxylic acids is 3. The van der Waals surface area contributed by atoms with Gasteiger partial charge in [-0.1, -0.05) is 18.2 Å². The third-order valence-corrected chi connectivity index (χ3v) is 3.79. The summed E-state index contributed by atoms with van der Waals surface area (Å²) >= 11 is 0. The molecule has 0 spiro atoms. The molecule has 0 radical (unpaired) electrons. The number of rotatable bonds is 6. The third kappa shape index (κ3) is 5.44. The van der Waals surface area contributed by atoms with Gasteiger partial charge in [0.1, 0.15) is 5.70 Å². The largest absolute Gasteiger partial charge is 0.466 e. The highest BCUT2D eigenvalue weighted by atomic mass is 16.5. The van der Waals surface area contributed by atoms with E-state index >= 15 is 0 Å². The van der Waals surface area contributed by atoms with Crippen LogP contribution in [0.4, 0.5) is 11.4 Å². The number of esters is 2. The van der Waals surface area contributed by atoms with Gasteiger partial charge >= 0.3 is 11.9 Å². The van der Waals surface area contributed by atoms with E-state index in [1.807, 2.05) is 32.0 Å². The van der Waals surface area contributed by atoms with Crippen molar-refractivity contribution in [2.24, 2.45) is 0 Å². The molecule has 28 heavy (non-hydrogen) atoms. The average Bonchev–Trinajstić information content (AvgIpc) is 2.66. The Morgan fingerprint density at radius 2 is 1.54 bits per heavy atom. The maximum absolute atomic E-state index is 12.8. The van der Waals surface area contributed by atoms with Crippen LogP contribution in [0.5, 0.6) is 0 Å². The van der Waals surface area contributed by atoms with Gasteiger partial charge in [0, 0.05) is 5.69 Å². The molecule has 2 rings (SSSR count). The van der Waals surface area contributed by atoms with Crippen LogP contribution >= 0.6 is 0 Å². The van der Waals surface area contributed by atoms with Gasteiger partial charge in [-0.3, -0.25) is 4.79 Å². The first-order valence-corrected chi connectivity index (χ1v) is 8.47. The Morgan fingerprint density at radius 1 is 0.893 bits per heavy atom. The third-order valence-electron chi connectivity index (χ3n) is 3.79. The standard InChI is InChI=1S/C21H22N2O5/c1-13-9-14(2)11-15(10-13)22-20(25)16-7-5-6-8-17(16)23-18(21(26)28-4)12-19(24)27-3/h5-12,23H,1-4H3,(H,22,25)/b18-12+. The highest BCUT2D eigenvalue weighted by Gasteiger charge is 2.17. The highest BCUT2D eigenvalue weighted by Crippen LogP contribution is 2.21. The monoisotopic (exact) mass is 382 g/mol. The molecule has 0 unspecified atom stereocenters. The van der Waals surface area contributed by atoms with Gasteiger partial charge in [-0.15, -0.1) is 0 Å². The zero-order chi connectivity index (χ0) is 20.7. The quantitative estimate of drug-likeness (QED) is 0.589. The van der Waals surface area contributed by atoms with Gasteiger partial charge in [0.2, 0.25) is 0 Å². The maximum Gasteiger partial charge on any atom is 0.354 e. The van der Waals surface area contributed by atoms with E-state index in [4.69, 9.17) is 0 Å². The van der Waals surface area contributed by atoms with E-state index in [0.29, 0.717) is 16.9 Å².